The second-order valence-corrected chi connectivity index (χ2v) is 6.57. The molecule has 1 aliphatic heterocycles. The lowest BCUT2D eigenvalue weighted by molar-refractivity contribution is 0.0695. The summed E-state index contributed by atoms with van der Waals surface area (Å²) in [6.45, 7) is 6.29. The van der Waals surface area contributed by atoms with Gasteiger partial charge in [-0.3, -0.25) is 9.58 Å². The summed E-state index contributed by atoms with van der Waals surface area (Å²) in [4.78, 5) is 18.4. The number of nitrogens with one attached hydrogen (secondary N) is 1. The lowest BCUT2D eigenvalue weighted by atomic mass is 9.96. The van der Waals surface area contributed by atoms with Crippen LogP contribution in [0.15, 0.2) is 18.6 Å². The largest absolute Gasteiger partial charge is 0.478 e. The van der Waals surface area contributed by atoms with Crippen LogP contribution in [0, 0.1) is 0 Å². The Morgan fingerprint density at radius 2 is 2.21 bits per heavy atom. The Bertz CT molecular complexity index is 753. The number of aryl methyl sites for hydroxylation is 1. The van der Waals surface area contributed by atoms with Gasteiger partial charge >= 0.3 is 5.97 Å². The molecule has 0 fully saturated rings. The summed E-state index contributed by atoms with van der Waals surface area (Å²) >= 11 is 0. The molecule has 2 aromatic heterocycles. The number of carbonyl (C=O) groups is 1. The second kappa shape index (κ2) is 6.60. The predicted molar refractivity (Wildman–Crippen MR) is 91.0 cm³/mol. The molecule has 0 aromatic carbocycles. The summed E-state index contributed by atoms with van der Waals surface area (Å²) in [5.74, 6) is -0.444. The number of anilines is 1. The number of aromatic nitrogens is 3. The monoisotopic (exact) mass is 329 g/mol. The summed E-state index contributed by atoms with van der Waals surface area (Å²) < 4.78 is 1.79. The molecule has 0 amide bonds. The van der Waals surface area contributed by atoms with Crippen molar-refractivity contribution in [3.8, 4) is 0 Å². The molecule has 0 aliphatic carbocycles. The average molecular weight is 329 g/mol. The third-order valence-electron chi connectivity index (χ3n) is 4.15. The van der Waals surface area contributed by atoms with Gasteiger partial charge in [-0.25, -0.2) is 9.78 Å². The highest BCUT2D eigenvalue weighted by Crippen LogP contribution is 2.27. The van der Waals surface area contributed by atoms with E-state index in [1.54, 1.807) is 4.68 Å². The molecule has 0 radical (unpaired) electrons. The SMILES string of the molecule is CC(C)Nc1ncc2c(c1C(=O)O)CCN(Cc1cnn(C)c1)C2. The van der Waals surface area contributed by atoms with Crippen LogP contribution in [0.1, 0.15) is 40.9 Å². The van der Waals surface area contributed by atoms with Crippen LogP contribution in [0.2, 0.25) is 0 Å². The van der Waals surface area contributed by atoms with E-state index in [0.29, 0.717) is 24.3 Å². The van der Waals surface area contributed by atoms with Crippen LogP contribution < -0.4 is 5.32 Å². The normalized spacial score (nSPS) is 14.7. The van der Waals surface area contributed by atoms with Gasteiger partial charge in [-0.15, -0.1) is 0 Å². The zero-order valence-corrected chi connectivity index (χ0v) is 14.3. The standard InChI is InChI=1S/C17H23N5O2/c1-11(2)20-16-15(17(23)24)14-4-5-22(10-13(14)7-18-16)9-12-6-19-21(3)8-12/h6-8,11H,4-5,9-10H2,1-3H3,(H,18,20)(H,23,24). The maximum atomic E-state index is 11.7. The topological polar surface area (TPSA) is 83.3 Å². The molecule has 3 heterocycles. The molecule has 24 heavy (non-hydrogen) atoms. The maximum Gasteiger partial charge on any atom is 0.339 e. The molecule has 2 N–H and O–H groups in total. The Morgan fingerprint density at radius 1 is 1.42 bits per heavy atom. The number of carboxylic acids is 1. The summed E-state index contributed by atoms with van der Waals surface area (Å²) in [5.41, 5.74) is 3.38. The van der Waals surface area contributed by atoms with E-state index in [1.165, 1.54) is 0 Å². The Balaban J connectivity index is 1.84. The van der Waals surface area contributed by atoms with Crippen LogP contribution in [-0.4, -0.2) is 43.3 Å². The molecule has 0 spiro atoms. The van der Waals surface area contributed by atoms with Gasteiger partial charge in [0.15, 0.2) is 0 Å². The lowest BCUT2D eigenvalue weighted by Gasteiger charge is -2.29. The van der Waals surface area contributed by atoms with Gasteiger partial charge in [0.1, 0.15) is 11.4 Å². The first-order chi connectivity index (χ1) is 11.4. The van der Waals surface area contributed by atoms with Crippen molar-refractivity contribution in [3.63, 3.8) is 0 Å². The smallest absolute Gasteiger partial charge is 0.339 e. The van der Waals surface area contributed by atoms with Gasteiger partial charge in [-0.1, -0.05) is 0 Å². The van der Waals surface area contributed by atoms with Crippen LogP contribution in [-0.2, 0) is 26.6 Å². The minimum Gasteiger partial charge on any atom is -0.478 e. The van der Waals surface area contributed by atoms with E-state index in [4.69, 9.17) is 0 Å². The van der Waals surface area contributed by atoms with Crippen LogP contribution >= 0.6 is 0 Å². The van der Waals surface area contributed by atoms with Crippen molar-refractivity contribution in [2.45, 2.75) is 39.4 Å². The molecule has 2 aromatic rings. The first-order valence-corrected chi connectivity index (χ1v) is 8.14. The Morgan fingerprint density at radius 3 is 2.83 bits per heavy atom. The predicted octanol–water partition coefficient (Wildman–Crippen LogP) is 1.89. The minimum atomic E-state index is -0.914. The number of carboxylic acid groups (broad SMARTS) is 1. The zero-order chi connectivity index (χ0) is 17.3. The number of nitrogens with zero attached hydrogens (tertiary/aromatic N) is 4. The molecule has 7 heteroatoms. The highest BCUT2D eigenvalue weighted by atomic mass is 16.4. The Kier molecular flexibility index (Phi) is 4.53. The first kappa shape index (κ1) is 16.4. The van der Waals surface area contributed by atoms with E-state index in [9.17, 15) is 9.90 Å². The van der Waals surface area contributed by atoms with Gasteiger partial charge in [0.2, 0.25) is 0 Å². The van der Waals surface area contributed by atoms with Crippen LogP contribution in [0.3, 0.4) is 0 Å². The van der Waals surface area contributed by atoms with Crippen molar-refractivity contribution in [1.29, 1.82) is 0 Å². The van der Waals surface area contributed by atoms with Crippen molar-refractivity contribution in [2.75, 3.05) is 11.9 Å². The molecule has 1 aliphatic rings. The Labute approximate surface area is 141 Å². The number of hydrogen-bond acceptors (Lipinski definition) is 5. The van der Waals surface area contributed by atoms with Gasteiger partial charge in [0, 0.05) is 50.7 Å². The van der Waals surface area contributed by atoms with Crippen LogP contribution in [0.5, 0.6) is 0 Å². The summed E-state index contributed by atoms with van der Waals surface area (Å²) in [7, 11) is 1.90. The van der Waals surface area contributed by atoms with Crippen molar-refractivity contribution >= 4 is 11.8 Å². The minimum absolute atomic E-state index is 0.138. The summed E-state index contributed by atoms with van der Waals surface area (Å²) in [5, 5.41) is 17.0. The number of pyridine rings is 1. The molecule has 7 nitrogen and oxygen atoms in total. The van der Waals surface area contributed by atoms with Crippen LogP contribution in [0.25, 0.3) is 0 Å². The van der Waals surface area contributed by atoms with E-state index >= 15 is 0 Å². The number of rotatable bonds is 5. The van der Waals surface area contributed by atoms with Gasteiger partial charge in [0.05, 0.1) is 6.20 Å². The molecule has 128 valence electrons. The molecule has 0 unspecified atom stereocenters. The number of aromatic carboxylic acids is 1. The van der Waals surface area contributed by atoms with Gasteiger partial charge in [0.25, 0.3) is 0 Å². The molecule has 0 saturated heterocycles. The fraction of sp³-hybridized carbons (Fsp3) is 0.471. The van der Waals surface area contributed by atoms with Gasteiger partial charge < -0.3 is 10.4 Å². The molecule has 0 saturated carbocycles. The van der Waals surface area contributed by atoms with E-state index in [1.807, 2.05) is 39.5 Å². The molecule has 3 rings (SSSR count). The van der Waals surface area contributed by atoms with Gasteiger partial charge in [-0.2, -0.15) is 5.10 Å². The van der Waals surface area contributed by atoms with Crippen molar-refractivity contribution < 1.29 is 9.90 Å². The summed E-state index contributed by atoms with van der Waals surface area (Å²) in [6, 6.07) is 0.138. The lowest BCUT2D eigenvalue weighted by Crippen LogP contribution is -2.32. The van der Waals surface area contributed by atoms with Crippen LogP contribution in [0.4, 0.5) is 5.82 Å². The Hall–Kier alpha value is -2.41. The summed E-state index contributed by atoms with van der Waals surface area (Å²) in [6.07, 6.45) is 6.40. The number of fused-ring (bicyclic) bond motifs is 1. The third-order valence-corrected chi connectivity index (χ3v) is 4.15. The maximum absolute atomic E-state index is 11.7. The molecular weight excluding hydrogens is 306 g/mol. The fourth-order valence-corrected chi connectivity index (χ4v) is 3.16. The van der Waals surface area contributed by atoms with Crippen molar-refractivity contribution in [1.82, 2.24) is 19.7 Å². The first-order valence-electron chi connectivity index (χ1n) is 8.14. The van der Waals surface area contributed by atoms with Gasteiger partial charge in [-0.05, 0) is 31.4 Å². The fourth-order valence-electron chi connectivity index (χ4n) is 3.16. The highest BCUT2D eigenvalue weighted by Gasteiger charge is 2.25. The average Bonchev–Trinajstić information content (AvgIpc) is 2.91. The van der Waals surface area contributed by atoms with E-state index in [2.05, 4.69) is 20.3 Å². The molecule has 0 atom stereocenters. The number of hydrogen-bond donors (Lipinski definition) is 2. The van der Waals surface area contributed by atoms with E-state index in [0.717, 1.165) is 29.8 Å². The molecule has 0 bridgehead atoms. The van der Waals surface area contributed by atoms with Crippen molar-refractivity contribution in [3.05, 3.63) is 40.8 Å². The quantitative estimate of drug-likeness (QED) is 0.871. The highest BCUT2D eigenvalue weighted by molar-refractivity contribution is 5.95. The van der Waals surface area contributed by atoms with Crippen molar-refractivity contribution in [2.24, 2.45) is 7.05 Å². The zero-order valence-electron chi connectivity index (χ0n) is 14.3. The second-order valence-electron chi connectivity index (χ2n) is 6.57. The van der Waals surface area contributed by atoms with E-state index in [-0.39, 0.29) is 6.04 Å². The molecular formula is C17H23N5O2. The van der Waals surface area contributed by atoms with E-state index < -0.39 is 5.97 Å². The third kappa shape index (κ3) is 3.41.